The molecule has 1 N–H and O–H groups in total. The van der Waals surface area contributed by atoms with Gasteiger partial charge in [0.25, 0.3) is 10.0 Å². The SMILES string of the molecule is CN(Cc1cc(-c2cccnc2F)n(S(=O)(=O)c2ccc(-c3ccno3)s2)c1)C(=O)O. The number of amides is 1. The molecule has 0 aliphatic rings. The molecule has 9 nitrogen and oxygen atoms in total. The van der Waals surface area contributed by atoms with Crippen molar-refractivity contribution in [2.75, 3.05) is 7.05 Å². The van der Waals surface area contributed by atoms with Crippen LogP contribution < -0.4 is 0 Å². The summed E-state index contributed by atoms with van der Waals surface area (Å²) >= 11 is 0.972. The lowest BCUT2D eigenvalue weighted by atomic mass is 10.2. The first-order valence-electron chi connectivity index (χ1n) is 8.80. The molecule has 4 aromatic rings. The van der Waals surface area contributed by atoms with E-state index in [9.17, 15) is 17.6 Å². The van der Waals surface area contributed by atoms with E-state index >= 15 is 0 Å². The number of pyridine rings is 1. The number of carboxylic acid groups (broad SMARTS) is 1. The lowest BCUT2D eigenvalue weighted by Crippen LogP contribution is -2.23. The standard InChI is InChI=1S/C19H15FN4O5S2/c1-23(19(25)26)10-12-9-14(13-3-2-7-21-18(13)20)24(11-12)31(27,28)17-5-4-16(30-17)15-6-8-22-29-15/h2-9,11H,10H2,1H3,(H,25,26). The lowest BCUT2D eigenvalue weighted by Gasteiger charge is -2.11. The Morgan fingerprint density at radius 2 is 2.10 bits per heavy atom. The second-order valence-electron chi connectivity index (χ2n) is 6.51. The summed E-state index contributed by atoms with van der Waals surface area (Å²) in [5, 5.41) is 12.7. The van der Waals surface area contributed by atoms with E-state index in [1.54, 1.807) is 12.1 Å². The third-order valence-corrected chi connectivity index (χ3v) is 7.64. The summed E-state index contributed by atoms with van der Waals surface area (Å²) in [6, 6.07) is 8.94. The first kappa shape index (κ1) is 20.8. The fraction of sp³-hybridized carbons (Fsp3) is 0.105. The predicted molar refractivity (Wildman–Crippen MR) is 110 cm³/mol. The van der Waals surface area contributed by atoms with Gasteiger partial charge in [-0.3, -0.25) is 0 Å². The molecule has 0 saturated heterocycles. The Bertz CT molecular complexity index is 1350. The van der Waals surface area contributed by atoms with Crippen LogP contribution in [0.2, 0.25) is 0 Å². The Hall–Kier alpha value is -3.51. The minimum absolute atomic E-state index is 0.00168. The number of thiophene rings is 1. The van der Waals surface area contributed by atoms with Crippen LogP contribution in [0.15, 0.2) is 63.7 Å². The van der Waals surface area contributed by atoms with Gasteiger partial charge >= 0.3 is 6.09 Å². The van der Waals surface area contributed by atoms with E-state index in [1.165, 1.54) is 49.9 Å². The van der Waals surface area contributed by atoms with Crippen molar-refractivity contribution in [3.05, 3.63) is 66.5 Å². The Morgan fingerprint density at radius 1 is 1.29 bits per heavy atom. The molecule has 0 saturated carbocycles. The normalized spacial score (nSPS) is 11.5. The average Bonchev–Trinajstić information content (AvgIpc) is 3.48. The van der Waals surface area contributed by atoms with Gasteiger partial charge in [-0.2, -0.15) is 12.8 Å². The van der Waals surface area contributed by atoms with Gasteiger partial charge in [0, 0.05) is 25.5 Å². The molecule has 0 unspecified atom stereocenters. The molecule has 0 bridgehead atoms. The summed E-state index contributed by atoms with van der Waals surface area (Å²) in [6.45, 7) is -0.0828. The fourth-order valence-electron chi connectivity index (χ4n) is 2.93. The van der Waals surface area contributed by atoms with Gasteiger partial charge in [-0.15, -0.1) is 11.3 Å². The predicted octanol–water partition coefficient (Wildman–Crippen LogP) is 3.75. The van der Waals surface area contributed by atoms with E-state index < -0.39 is 22.1 Å². The maximum atomic E-state index is 14.4. The van der Waals surface area contributed by atoms with Crippen LogP contribution in [0.1, 0.15) is 5.56 Å². The van der Waals surface area contributed by atoms with Crippen LogP contribution in [0.3, 0.4) is 0 Å². The van der Waals surface area contributed by atoms with Crippen molar-refractivity contribution in [3.63, 3.8) is 0 Å². The van der Waals surface area contributed by atoms with Gasteiger partial charge in [0.15, 0.2) is 5.76 Å². The molecule has 0 aliphatic heterocycles. The van der Waals surface area contributed by atoms with Crippen LogP contribution in [-0.4, -0.2) is 45.7 Å². The van der Waals surface area contributed by atoms with Crippen LogP contribution in [0.25, 0.3) is 21.9 Å². The number of halogens is 1. The number of rotatable bonds is 6. The van der Waals surface area contributed by atoms with Gasteiger partial charge in [0.05, 0.1) is 28.9 Å². The molecule has 0 radical (unpaired) electrons. The summed E-state index contributed by atoms with van der Waals surface area (Å²) in [5.74, 6) is -0.426. The van der Waals surface area contributed by atoms with Crippen molar-refractivity contribution >= 4 is 27.5 Å². The minimum Gasteiger partial charge on any atom is -0.465 e. The fourth-order valence-corrected chi connectivity index (χ4v) is 5.67. The molecular formula is C19H15FN4O5S2. The van der Waals surface area contributed by atoms with Gasteiger partial charge in [-0.25, -0.2) is 13.8 Å². The molecule has 0 aromatic carbocycles. The molecule has 4 rings (SSSR count). The molecule has 12 heteroatoms. The topological polar surface area (TPSA) is 119 Å². The number of hydrogen-bond acceptors (Lipinski definition) is 7. The number of nitrogens with zero attached hydrogens (tertiary/aromatic N) is 4. The average molecular weight is 462 g/mol. The van der Waals surface area contributed by atoms with E-state index in [4.69, 9.17) is 9.63 Å². The summed E-state index contributed by atoms with van der Waals surface area (Å²) in [4.78, 5) is 16.3. The number of carbonyl (C=O) groups is 1. The third-order valence-electron chi connectivity index (χ3n) is 4.40. The maximum Gasteiger partial charge on any atom is 0.407 e. The molecule has 1 amide bonds. The minimum atomic E-state index is -4.13. The van der Waals surface area contributed by atoms with E-state index in [0.29, 0.717) is 16.2 Å². The monoisotopic (exact) mass is 462 g/mol. The quantitative estimate of drug-likeness (QED) is 0.434. The number of hydrogen-bond donors (Lipinski definition) is 1. The van der Waals surface area contributed by atoms with Gasteiger partial charge in [0.1, 0.15) is 4.21 Å². The van der Waals surface area contributed by atoms with Crippen LogP contribution >= 0.6 is 11.3 Å². The highest BCUT2D eigenvalue weighted by Gasteiger charge is 2.26. The highest BCUT2D eigenvalue weighted by Crippen LogP contribution is 2.34. The molecule has 160 valence electrons. The van der Waals surface area contributed by atoms with Crippen molar-refractivity contribution in [3.8, 4) is 21.9 Å². The maximum absolute atomic E-state index is 14.4. The third kappa shape index (κ3) is 3.94. The van der Waals surface area contributed by atoms with Crippen LogP contribution in [0.4, 0.5) is 9.18 Å². The van der Waals surface area contributed by atoms with Gasteiger partial charge in [-0.05, 0) is 35.9 Å². The molecule has 0 spiro atoms. The Balaban J connectivity index is 1.83. The molecule has 4 aromatic heterocycles. The van der Waals surface area contributed by atoms with E-state index in [0.717, 1.165) is 20.2 Å². The highest BCUT2D eigenvalue weighted by atomic mass is 32.2. The highest BCUT2D eigenvalue weighted by molar-refractivity contribution is 7.92. The summed E-state index contributed by atoms with van der Waals surface area (Å²) in [6.07, 6.45) is 2.80. The zero-order valence-electron chi connectivity index (χ0n) is 16.0. The molecule has 0 fully saturated rings. The summed E-state index contributed by atoms with van der Waals surface area (Å²) in [5.41, 5.74) is 0.384. The van der Waals surface area contributed by atoms with Crippen molar-refractivity contribution in [1.29, 1.82) is 0 Å². The Labute approximate surface area is 180 Å². The Kier molecular flexibility index (Phi) is 5.33. The zero-order valence-corrected chi connectivity index (χ0v) is 17.6. The first-order chi connectivity index (χ1) is 14.8. The second kappa shape index (κ2) is 7.96. The lowest BCUT2D eigenvalue weighted by molar-refractivity contribution is 0.154. The molecule has 4 heterocycles. The summed E-state index contributed by atoms with van der Waals surface area (Å²) in [7, 11) is -2.78. The molecule has 0 aliphatic carbocycles. The van der Waals surface area contributed by atoms with Crippen molar-refractivity contribution in [2.24, 2.45) is 0 Å². The van der Waals surface area contributed by atoms with Gasteiger partial charge < -0.3 is 14.5 Å². The van der Waals surface area contributed by atoms with Crippen molar-refractivity contribution in [2.45, 2.75) is 10.8 Å². The van der Waals surface area contributed by atoms with Crippen molar-refractivity contribution < 1.29 is 27.2 Å². The van der Waals surface area contributed by atoms with Crippen molar-refractivity contribution in [1.82, 2.24) is 19.0 Å². The zero-order chi connectivity index (χ0) is 22.2. The largest absolute Gasteiger partial charge is 0.465 e. The van der Waals surface area contributed by atoms with Crippen LogP contribution in [0, 0.1) is 5.95 Å². The molecule has 31 heavy (non-hydrogen) atoms. The summed E-state index contributed by atoms with van der Waals surface area (Å²) < 4.78 is 47.2. The van der Waals surface area contributed by atoms with E-state index in [2.05, 4.69) is 10.1 Å². The smallest absolute Gasteiger partial charge is 0.407 e. The van der Waals surface area contributed by atoms with Crippen LogP contribution in [-0.2, 0) is 16.6 Å². The van der Waals surface area contributed by atoms with Crippen LogP contribution in [0.5, 0.6) is 0 Å². The molecular weight excluding hydrogens is 447 g/mol. The Morgan fingerprint density at radius 3 is 2.77 bits per heavy atom. The number of aromatic nitrogens is 3. The molecule has 0 atom stereocenters. The van der Waals surface area contributed by atoms with E-state index in [1.807, 2.05) is 0 Å². The van der Waals surface area contributed by atoms with Gasteiger partial charge in [0.2, 0.25) is 5.95 Å². The second-order valence-corrected chi connectivity index (χ2v) is 9.64. The van der Waals surface area contributed by atoms with Gasteiger partial charge in [-0.1, -0.05) is 5.16 Å². The van der Waals surface area contributed by atoms with E-state index in [-0.39, 0.29) is 22.0 Å². The first-order valence-corrected chi connectivity index (χ1v) is 11.1.